The summed E-state index contributed by atoms with van der Waals surface area (Å²) in [7, 11) is 0. The van der Waals surface area contributed by atoms with Gasteiger partial charge in [0, 0.05) is 24.3 Å². The van der Waals surface area contributed by atoms with Crippen LogP contribution >= 0.6 is 0 Å². The first kappa shape index (κ1) is 16.0. The quantitative estimate of drug-likeness (QED) is 0.746. The number of benzene rings is 1. The molecule has 0 fully saturated rings. The average molecular weight is 277 g/mol. The van der Waals surface area contributed by atoms with Gasteiger partial charge in [-0.2, -0.15) is 0 Å². The second-order valence-corrected chi connectivity index (χ2v) is 5.22. The van der Waals surface area contributed by atoms with E-state index < -0.39 is 0 Å². The van der Waals surface area contributed by atoms with Crippen molar-refractivity contribution in [3.63, 3.8) is 0 Å². The van der Waals surface area contributed by atoms with Crippen molar-refractivity contribution in [2.24, 2.45) is 5.92 Å². The molecule has 20 heavy (non-hydrogen) atoms. The number of carbonyl (C=O) groups is 2. The number of nitrogens with one attached hydrogen (secondary N) is 3. The predicted molar refractivity (Wildman–Crippen MR) is 81.7 cm³/mol. The highest BCUT2D eigenvalue weighted by molar-refractivity contribution is 5.89. The number of amides is 2. The van der Waals surface area contributed by atoms with Crippen molar-refractivity contribution in [2.45, 2.75) is 33.7 Å². The summed E-state index contributed by atoms with van der Waals surface area (Å²) >= 11 is 0. The van der Waals surface area contributed by atoms with Crippen molar-refractivity contribution in [2.75, 3.05) is 17.2 Å². The molecule has 0 aliphatic rings. The molecule has 1 aromatic carbocycles. The lowest BCUT2D eigenvalue weighted by atomic mass is 10.1. The van der Waals surface area contributed by atoms with Crippen LogP contribution in [0.3, 0.4) is 0 Å². The lowest BCUT2D eigenvalue weighted by Crippen LogP contribution is -2.39. The number of anilines is 2. The molecular weight excluding hydrogens is 254 g/mol. The summed E-state index contributed by atoms with van der Waals surface area (Å²) < 4.78 is 0. The van der Waals surface area contributed by atoms with E-state index >= 15 is 0 Å². The molecule has 5 heteroatoms. The smallest absolute Gasteiger partial charge is 0.239 e. The zero-order chi connectivity index (χ0) is 15.1. The van der Waals surface area contributed by atoms with Gasteiger partial charge in [0.1, 0.15) is 0 Å². The van der Waals surface area contributed by atoms with E-state index in [1.165, 1.54) is 6.92 Å². The maximum absolute atomic E-state index is 11.8. The van der Waals surface area contributed by atoms with Gasteiger partial charge < -0.3 is 16.0 Å². The molecule has 0 aliphatic carbocycles. The Morgan fingerprint density at radius 3 is 2.40 bits per heavy atom. The Hall–Kier alpha value is -2.04. The van der Waals surface area contributed by atoms with Crippen LogP contribution in [0, 0.1) is 5.92 Å². The molecule has 110 valence electrons. The second-order valence-electron chi connectivity index (χ2n) is 5.22. The zero-order valence-corrected chi connectivity index (χ0v) is 12.5. The normalized spacial score (nSPS) is 11.8. The highest BCUT2D eigenvalue weighted by atomic mass is 16.2. The van der Waals surface area contributed by atoms with Crippen LogP contribution in [-0.2, 0) is 9.59 Å². The van der Waals surface area contributed by atoms with Crippen LogP contribution in [0.4, 0.5) is 11.4 Å². The molecule has 0 aromatic heterocycles. The lowest BCUT2D eigenvalue weighted by Gasteiger charge is -2.17. The minimum Gasteiger partial charge on any atom is -0.376 e. The zero-order valence-electron chi connectivity index (χ0n) is 12.5. The summed E-state index contributed by atoms with van der Waals surface area (Å²) in [6, 6.07) is 7.41. The first-order valence-corrected chi connectivity index (χ1v) is 6.79. The molecule has 0 saturated carbocycles. The Morgan fingerprint density at radius 2 is 1.80 bits per heavy atom. The topological polar surface area (TPSA) is 70.2 Å². The number of carbonyl (C=O) groups excluding carboxylic acids is 2. The molecule has 0 heterocycles. The first-order chi connectivity index (χ1) is 9.38. The molecule has 1 atom stereocenters. The Kier molecular flexibility index (Phi) is 6.03. The maximum Gasteiger partial charge on any atom is 0.239 e. The molecule has 0 spiro atoms. The first-order valence-electron chi connectivity index (χ1n) is 6.79. The van der Waals surface area contributed by atoms with E-state index in [-0.39, 0.29) is 24.4 Å². The van der Waals surface area contributed by atoms with Crippen molar-refractivity contribution < 1.29 is 9.59 Å². The van der Waals surface area contributed by atoms with Crippen molar-refractivity contribution >= 4 is 23.2 Å². The van der Waals surface area contributed by atoms with E-state index in [0.29, 0.717) is 11.6 Å². The molecule has 0 saturated heterocycles. The van der Waals surface area contributed by atoms with Crippen molar-refractivity contribution in [1.82, 2.24) is 5.32 Å². The molecule has 3 N–H and O–H groups in total. The average Bonchev–Trinajstić information content (AvgIpc) is 2.36. The van der Waals surface area contributed by atoms with Gasteiger partial charge in [0.2, 0.25) is 11.8 Å². The van der Waals surface area contributed by atoms with Gasteiger partial charge >= 0.3 is 0 Å². The van der Waals surface area contributed by atoms with Gasteiger partial charge in [-0.15, -0.1) is 0 Å². The van der Waals surface area contributed by atoms with Crippen molar-refractivity contribution in [3.05, 3.63) is 24.3 Å². The lowest BCUT2D eigenvalue weighted by molar-refractivity contribution is -0.120. The van der Waals surface area contributed by atoms with Crippen molar-refractivity contribution in [1.29, 1.82) is 0 Å². The minimum absolute atomic E-state index is 0.0452. The van der Waals surface area contributed by atoms with E-state index in [9.17, 15) is 9.59 Å². The highest BCUT2D eigenvalue weighted by Gasteiger charge is 2.10. The fraction of sp³-hybridized carbons (Fsp3) is 0.467. The third kappa shape index (κ3) is 5.73. The van der Waals surface area contributed by atoms with Crippen LogP contribution in [0.5, 0.6) is 0 Å². The van der Waals surface area contributed by atoms with Gasteiger partial charge in [0.15, 0.2) is 0 Å². The molecule has 1 rings (SSSR count). The Labute approximate surface area is 120 Å². The molecule has 2 amide bonds. The molecule has 0 aliphatic heterocycles. The van der Waals surface area contributed by atoms with Crippen LogP contribution in [0.15, 0.2) is 24.3 Å². The number of rotatable bonds is 6. The van der Waals surface area contributed by atoms with Gasteiger partial charge in [-0.05, 0) is 31.0 Å². The molecule has 0 bridgehead atoms. The summed E-state index contributed by atoms with van der Waals surface area (Å²) in [5.74, 6) is 0.240. The van der Waals surface area contributed by atoms with E-state index in [1.807, 2.05) is 19.1 Å². The Bertz CT molecular complexity index is 472. The maximum atomic E-state index is 11.8. The summed E-state index contributed by atoms with van der Waals surface area (Å²) in [6.07, 6.45) is 0. The van der Waals surface area contributed by atoms with Crippen LogP contribution in [-0.4, -0.2) is 24.4 Å². The highest BCUT2D eigenvalue weighted by Crippen LogP contribution is 2.14. The molecule has 1 aromatic rings. The van der Waals surface area contributed by atoms with Crippen LogP contribution in [0.2, 0.25) is 0 Å². The third-order valence-corrected chi connectivity index (χ3v) is 3.02. The van der Waals surface area contributed by atoms with Gasteiger partial charge in [0.25, 0.3) is 0 Å². The fourth-order valence-corrected chi connectivity index (χ4v) is 1.56. The largest absolute Gasteiger partial charge is 0.376 e. The van der Waals surface area contributed by atoms with Gasteiger partial charge in [-0.25, -0.2) is 0 Å². The van der Waals surface area contributed by atoms with Crippen molar-refractivity contribution in [3.8, 4) is 0 Å². The second kappa shape index (κ2) is 7.53. The molecule has 1 unspecified atom stereocenters. The number of hydrogen-bond acceptors (Lipinski definition) is 3. The summed E-state index contributed by atoms with van der Waals surface area (Å²) in [4.78, 5) is 22.7. The van der Waals surface area contributed by atoms with Crippen LogP contribution in [0.1, 0.15) is 27.7 Å². The predicted octanol–water partition coefficient (Wildman–Crippen LogP) is 2.22. The Morgan fingerprint density at radius 1 is 1.15 bits per heavy atom. The van der Waals surface area contributed by atoms with E-state index in [1.54, 1.807) is 12.1 Å². The fourth-order valence-electron chi connectivity index (χ4n) is 1.56. The van der Waals surface area contributed by atoms with Crippen LogP contribution < -0.4 is 16.0 Å². The van der Waals surface area contributed by atoms with Gasteiger partial charge in [-0.1, -0.05) is 19.9 Å². The summed E-state index contributed by atoms with van der Waals surface area (Å²) in [6.45, 7) is 7.78. The number of hydrogen-bond donors (Lipinski definition) is 3. The van der Waals surface area contributed by atoms with Gasteiger partial charge in [0.05, 0.1) is 6.54 Å². The summed E-state index contributed by atoms with van der Waals surface area (Å²) in [5, 5.41) is 8.66. The Balaban J connectivity index is 2.49. The van der Waals surface area contributed by atoms with E-state index in [0.717, 1.165) is 5.69 Å². The standard InChI is InChI=1S/C15H23N3O2/c1-10(2)11(3)17-15(20)9-16-13-6-5-7-14(8-13)18-12(4)19/h5-8,10-11,16H,9H2,1-4H3,(H,17,20)(H,18,19). The van der Waals surface area contributed by atoms with Crippen LogP contribution in [0.25, 0.3) is 0 Å². The SMILES string of the molecule is CC(=O)Nc1cccc(NCC(=O)NC(C)C(C)C)c1. The monoisotopic (exact) mass is 277 g/mol. The molecule has 5 nitrogen and oxygen atoms in total. The molecule has 0 radical (unpaired) electrons. The van der Waals surface area contributed by atoms with Gasteiger partial charge in [-0.3, -0.25) is 9.59 Å². The molecular formula is C15H23N3O2. The van der Waals surface area contributed by atoms with E-state index in [2.05, 4.69) is 29.8 Å². The minimum atomic E-state index is -0.120. The third-order valence-electron chi connectivity index (χ3n) is 3.02. The van der Waals surface area contributed by atoms with E-state index in [4.69, 9.17) is 0 Å². The summed E-state index contributed by atoms with van der Waals surface area (Å²) in [5.41, 5.74) is 1.50.